The first-order chi connectivity index (χ1) is 12.6. The van der Waals surface area contributed by atoms with E-state index in [1.807, 2.05) is 60.2 Å². The van der Waals surface area contributed by atoms with Crippen molar-refractivity contribution in [1.29, 1.82) is 0 Å². The summed E-state index contributed by atoms with van der Waals surface area (Å²) in [5.74, 6) is -0.273. The molecule has 1 aromatic carbocycles. The lowest BCUT2D eigenvalue weighted by Gasteiger charge is -2.07. The van der Waals surface area contributed by atoms with E-state index < -0.39 is 0 Å². The van der Waals surface area contributed by atoms with Crippen LogP contribution in [0.1, 0.15) is 16.1 Å². The molecule has 0 radical (unpaired) electrons. The van der Waals surface area contributed by atoms with Gasteiger partial charge in [-0.05, 0) is 59.5 Å². The molecule has 8 nitrogen and oxygen atoms in total. The lowest BCUT2D eigenvalue weighted by molar-refractivity contribution is 0.102. The predicted molar refractivity (Wildman–Crippen MR) is 98.8 cm³/mol. The summed E-state index contributed by atoms with van der Waals surface area (Å²) in [6.07, 6.45) is 5.50. The highest BCUT2D eigenvalue weighted by atomic mass is 32.2. The van der Waals surface area contributed by atoms with Gasteiger partial charge in [0, 0.05) is 18.1 Å². The zero-order valence-electron chi connectivity index (χ0n) is 14.1. The van der Waals surface area contributed by atoms with Crippen LogP contribution in [-0.4, -0.2) is 41.8 Å². The minimum Gasteiger partial charge on any atom is -0.321 e. The normalized spacial score (nSPS) is 11.0. The molecule has 0 atom stereocenters. The molecule has 26 heavy (non-hydrogen) atoms. The Labute approximate surface area is 153 Å². The van der Waals surface area contributed by atoms with Gasteiger partial charge in [0.15, 0.2) is 0 Å². The first kappa shape index (κ1) is 16.3. The van der Waals surface area contributed by atoms with Gasteiger partial charge in [0.05, 0.1) is 5.69 Å². The van der Waals surface area contributed by atoms with Crippen molar-refractivity contribution < 1.29 is 4.79 Å². The number of amides is 1. The van der Waals surface area contributed by atoms with Gasteiger partial charge in [-0.3, -0.25) is 4.79 Å². The average Bonchev–Trinajstić information content (AvgIpc) is 3.28. The Morgan fingerprint density at radius 2 is 2.12 bits per heavy atom. The number of thioether (sulfide) groups is 1. The monoisotopic (exact) mass is 365 g/mol. The molecule has 130 valence electrons. The Balaban J connectivity index is 1.60. The Morgan fingerprint density at radius 3 is 2.96 bits per heavy atom. The number of anilines is 1. The van der Waals surface area contributed by atoms with Crippen LogP contribution < -0.4 is 5.32 Å². The molecular weight excluding hydrogens is 350 g/mol. The van der Waals surface area contributed by atoms with E-state index in [0.717, 1.165) is 16.9 Å². The van der Waals surface area contributed by atoms with Crippen LogP contribution in [0.3, 0.4) is 0 Å². The molecule has 0 fully saturated rings. The summed E-state index contributed by atoms with van der Waals surface area (Å²) >= 11 is 1.44. The third-order valence-electron chi connectivity index (χ3n) is 3.82. The Bertz CT molecular complexity index is 1100. The molecule has 0 saturated heterocycles. The number of carbonyl (C=O) groups is 1. The van der Waals surface area contributed by atoms with Crippen molar-refractivity contribution in [3.63, 3.8) is 0 Å². The molecule has 0 unspecified atom stereocenters. The fourth-order valence-electron chi connectivity index (χ4n) is 2.57. The molecule has 1 N–H and O–H groups in total. The Morgan fingerprint density at radius 1 is 1.23 bits per heavy atom. The number of rotatable bonds is 4. The number of nitrogens with zero attached hydrogens (tertiary/aromatic N) is 6. The summed E-state index contributed by atoms with van der Waals surface area (Å²) in [6, 6.07) is 11.2. The molecule has 3 aromatic heterocycles. The van der Waals surface area contributed by atoms with Crippen molar-refractivity contribution in [3.8, 4) is 5.69 Å². The van der Waals surface area contributed by atoms with Gasteiger partial charge in [-0.15, -0.1) is 5.10 Å². The highest BCUT2D eigenvalue weighted by Gasteiger charge is 2.13. The standard InChI is InChI=1S/C17H15N7OS/c1-11-6-7-23-10-14(19-15(23)8-11)16(25)18-12-4-3-5-13(9-12)24-17(26-2)20-21-22-24/h3-10H,1-2H3,(H,18,25). The quantitative estimate of drug-likeness (QED) is 0.559. The predicted octanol–water partition coefficient (Wildman–Crippen LogP) is 2.59. The largest absolute Gasteiger partial charge is 0.321 e. The Hall–Kier alpha value is -3.20. The zero-order valence-corrected chi connectivity index (χ0v) is 14.9. The second-order valence-electron chi connectivity index (χ2n) is 5.68. The zero-order chi connectivity index (χ0) is 18.1. The van der Waals surface area contributed by atoms with Crippen LogP contribution in [0.2, 0.25) is 0 Å². The second-order valence-corrected chi connectivity index (χ2v) is 6.45. The fraction of sp³-hybridized carbons (Fsp3) is 0.118. The molecular formula is C17H15N7OS. The van der Waals surface area contributed by atoms with Crippen LogP contribution in [0.15, 0.2) is 53.9 Å². The van der Waals surface area contributed by atoms with Crippen LogP contribution in [0.5, 0.6) is 0 Å². The molecule has 9 heteroatoms. The van der Waals surface area contributed by atoms with E-state index in [1.165, 1.54) is 11.8 Å². The van der Waals surface area contributed by atoms with Crippen molar-refractivity contribution >= 4 is 29.0 Å². The topological polar surface area (TPSA) is 90.0 Å². The number of hydrogen-bond donors (Lipinski definition) is 1. The maximum Gasteiger partial charge on any atom is 0.275 e. The van der Waals surface area contributed by atoms with E-state index in [-0.39, 0.29) is 5.91 Å². The van der Waals surface area contributed by atoms with Gasteiger partial charge >= 0.3 is 0 Å². The lowest BCUT2D eigenvalue weighted by Crippen LogP contribution is -2.12. The summed E-state index contributed by atoms with van der Waals surface area (Å²) in [4.78, 5) is 16.9. The van der Waals surface area contributed by atoms with E-state index in [2.05, 4.69) is 25.8 Å². The summed E-state index contributed by atoms with van der Waals surface area (Å²) in [7, 11) is 0. The highest BCUT2D eigenvalue weighted by molar-refractivity contribution is 7.98. The maximum atomic E-state index is 12.6. The third-order valence-corrected chi connectivity index (χ3v) is 4.44. The molecule has 0 spiro atoms. The van der Waals surface area contributed by atoms with Gasteiger partial charge in [-0.1, -0.05) is 17.8 Å². The lowest BCUT2D eigenvalue weighted by atomic mass is 10.2. The van der Waals surface area contributed by atoms with Crippen LogP contribution in [0.25, 0.3) is 11.3 Å². The van der Waals surface area contributed by atoms with Crippen molar-refractivity contribution in [1.82, 2.24) is 29.6 Å². The van der Waals surface area contributed by atoms with Gasteiger partial charge in [0.2, 0.25) is 5.16 Å². The van der Waals surface area contributed by atoms with Crippen molar-refractivity contribution in [2.45, 2.75) is 12.1 Å². The van der Waals surface area contributed by atoms with Gasteiger partial charge in [0.1, 0.15) is 11.3 Å². The number of benzene rings is 1. The molecule has 4 rings (SSSR count). The molecule has 0 aliphatic rings. The van der Waals surface area contributed by atoms with Crippen molar-refractivity contribution in [2.24, 2.45) is 0 Å². The molecule has 0 aliphatic carbocycles. The van der Waals surface area contributed by atoms with Crippen molar-refractivity contribution in [2.75, 3.05) is 11.6 Å². The van der Waals surface area contributed by atoms with E-state index in [1.54, 1.807) is 10.9 Å². The summed E-state index contributed by atoms with van der Waals surface area (Å²) in [6.45, 7) is 1.99. The molecule has 0 bridgehead atoms. The van der Waals surface area contributed by atoms with Crippen LogP contribution in [0, 0.1) is 6.92 Å². The fourth-order valence-corrected chi connectivity index (χ4v) is 3.00. The van der Waals surface area contributed by atoms with E-state index in [4.69, 9.17) is 0 Å². The molecule has 3 heterocycles. The first-order valence-electron chi connectivity index (χ1n) is 7.83. The van der Waals surface area contributed by atoms with Crippen LogP contribution in [-0.2, 0) is 0 Å². The number of carbonyl (C=O) groups excluding carboxylic acids is 1. The number of hydrogen-bond acceptors (Lipinski definition) is 6. The number of aryl methyl sites for hydroxylation is 1. The molecule has 1 amide bonds. The van der Waals surface area contributed by atoms with E-state index >= 15 is 0 Å². The minimum atomic E-state index is -0.273. The number of nitrogens with one attached hydrogen (secondary N) is 1. The third kappa shape index (κ3) is 3.04. The number of imidazole rings is 1. The molecule has 0 saturated carbocycles. The van der Waals surface area contributed by atoms with Gasteiger partial charge in [-0.25, -0.2) is 4.98 Å². The average molecular weight is 365 g/mol. The van der Waals surface area contributed by atoms with Crippen molar-refractivity contribution in [3.05, 3.63) is 60.0 Å². The smallest absolute Gasteiger partial charge is 0.275 e. The molecule has 0 aliphatic heterocycles. The van der Waals surface area contributed by atoms with E-state index in [0.29, 0.717) is 16.5 Å². The minimum absolute atomic E-state index is 0.273. The number of pyridine rings is 1. The summed E-state index contributed by atoms with van der Waals surface area (Å²) < 4.78 is 3.44. The summed E-state index contributed by atoms with van der Waals surface area (Å²) in [5.41, 5.74) is 3.59. The van der Waals surface area contributed by atoms with Crippen LogP contribution >= 0.6 is 11.8 Å². The second kappa shape index (κ2) is 6.60. The number of aromatic nitrogens is 6. The van der Waals surface area contributed by atoms with Gasteiger partial charge < -0.3 is 9.72 Å². The first-order valence-corrected chi connectivity index (χ1v) is 9.06. The maximum absolute atomic E-state index is 12.6. The van der Waals surface area contributed by atoms with E-state index in [9.17, 15) is 4.79 Å². The summed E-state index contributed by atoms with van der Waals surface area (Å²) in [5, 5.41) is 15.1. The molecule has 4 aromatic rings. The van der Waals surface area contributed by atoms with Gasteiger partial charge in [-0.2, -0.15) is 4.68 Å². The van der Waals surface area contributed by atoms with Crippen LogP contribution in [0.4, 0.5) is 5.69 Å². The Kier molecular flexibility index (Phi) is 4.13. The van der Waals surface area contributed by atoms with Gasteiger partial charge in [0.25, 0.3) is 5.91 Å². The SMILES string of the molecule is CSc1nnnn1-c1cccc(NC(=O)c2cn3ccc(C)cc3n2)c1. The number of fused-ring (bicyclic) bond motifs is 1. The number of tetrazole rings is 1. The highest BCUT2D eigenvalue weighted by Crippen LogP contribution is 2.19.